The summed E-state index contributed by atoms with van der Waals surface area (Å²) in [6.07, 6.45) is 1.95. The maximum absolute atomic E-state index is 11.2. The molecule has 0 saturated carbocycles. The third kappa shape index (κ3) is 5.18. The predicted octanol–water partition coefficient (Wildman–Crippen LogP) is 0.738. The molecule has 1 atom stereocenters. The highest BCUT2D eigenvalue weighted by molar-refractivity contribution is 7.99. The van der Waals surface area contributed by atoms with Crippen LogP contribution in [-0.2, 0) is 23.8 Å². The van der Waals surface area contributed by atoms with E-state index in [4.69, 9.17) is 9.47 Å². The van der Waals surface area contributed by atoms with Gasteiger partial charge in [-0.05, 0) is 12.2 Å². The average Bonchev–Trinajstić information content (AvgIpc) is 2.54. The molecule has 1 unspecified atom stereocenters. The van der Waals surface area contributed by atoms with Gasteiger partial charge in [-0.25, -0.2) is 9.59 Å². The standard InChI is InChI=1S/C10H14O5S/c1-2-8(11)14-6-9(12)15-10-7-13-4-3-5-16-10/h2,10H,1,3-7H2. The van der Waals surface area contributed by atoms with Gasteiger partial charge in [0.2, 0.25) is 0 Å². The monoisotopic (exact) mass is 246 g/mol. The van der Waals surface area contributed by atoms with E-state index in [1.165, 1.54) is 11.8 Å². The average molecular weight is 246 g/mol. The van der Waals surface area contributed by atoms with Gasteiger partial charge in [0.25, 0.3) is 0 Å². The molecule has 0 N–H and O–H groups in total. The molecule has 1 aliphatic heterocycles. The van der Waals surface area contributed by atoms with E-state index in [0.717, 1.165) is 18.2 Å². The van der Waals surface area contributed by atoms with Crippen LogP contribution in [0, 0.1) is 0 Å². The lowest BCUT2D eigenvalue weighted by Gasteiger charge is -2.14. The van der Waals surface area contributed by atoms with Crippen molar-refractivity contribution in [2.75, 3.05) is 25.6 Å². The van der Waals surface area contributed by atoms with Crippen molar-refractivity contribution in [3.05, 3.63) is 12.7 Å². The summed E-state index contributed by atoms with van der Waals surface area (Å²) in [6.45, 7) is 3.90. The Hall–Kier alpha value is -1.01. The molecule has 0 aromatic carbocycles. The molecule has 0 aromatic heterocycles. The van der Waals surface area contributed by atoms with Crippen molar-refractivity contribution in [2.24, 2.45) is 0 Å². The lowest BCUT2D eigenvalue weighted by atomic mass is 10.5. The number of ether oxygens (including phenoxy) is 3. The summed E-state index contributed by atoms with van der Waals surface area (Å²) in [4.78, 5) is 21.9. The van der Waals surface area contributed by atoms with E-state index in [1.54, 1.807) is 0 Å². The first-order valence-corrected chi connectivity index (χ1v) is 5.95. The van der Waals surface area contributed by atoms with E-state index in [9.17, 15) is 9.59 Å². The van der Waals surface area contributed by atoms with Gasteiger partial charge in [0, 0.05) is 12.7 Å². The van der Waals surface area contributed by atoms with Crippen LogP contribution in [0.3, 0.4) is 0 Å². The molecule has 90 valence electrons. The van der Waals surface area contributed by atoms with Crippen LogP contribution in [0.1, 0.15) is 6.42 Å². The Morgan fingerprint density at radius 2 is 2.38 bits per heavy atom. The minimum absolute atomic E-state index is 0.308. The number of esters is 2. The topological polar surface area (TPSA) is 61.8 Å². The van der Waals surface area contributed by atoms with E-state index in [2.05, 4.69) is 11.3 Å². The fourth-order valence-corrected chi connectivity index (χ4v) is 1.96. The summed E-state index contributed by atoms with van der Waals surface area (Å²) < 4.78 is 14.8. The molecule has 1 heterocycles. The van der Waals surface area contributed by atoms with Gasteiger partial charge >= 0.3 is 11.9 Å². The van der Waals surface area contributed by atoms with E-state index in [-0.39, 0.29) is 12.0 Å². The SMILES string of the molecule is C=CC(=O)OCC(=O)OC1COCCCS1. The largest absolute Gasteiger partial charge is 0.451 e. The first-order chi connectivity index (χ1) is 7.72. The summed E-state index contributed by atoms with van der Waals surface area (Å²) in [5.74, 6) is -0.315. The second-order valence-corrected chi connectivity index (χ2v) is 4.30. The Balaban J connectivity index is 2.21. The minimum atomic E-state index is -0.637. The Kier molecular flexibility index (Phi) is 5.95. The van der Waals surface area contributed by atoms with Crippen molar-refractivity contribution in [1.82, 2.24) is 0 Å². The molecular formula is C10H14O5S. The molecular weight excluding hydrogens is 232 g/mol. The second kappa shape index (κ2) is 7.29. The first-order valence-electron chi connectivity index (χ1n) is 4.90. The van der Waals surface area contributed by atoms with Crippen LogP contribution < -0.4 is 0 Å². The van der Waals surface area contributed by atoms with Gasteiger partial charge in [-0.3, -0.25) is 0 Å². The highest BCUT2D eigenvalue weighted by atomic mass is 32.2. The van der Waals surface area contributed by atoms with Crippen LogP contribution >= 0.6 is 11.8 Å². The van der Waals surface area contributed by atoms with Gasteiger partial charge in [-0.2, -0.15) is 0 Å². The zero-order chi connectivity index (χ0) is 11.8. The summed E-state index contributed by atoms with van der Waals surface area (Å²) in [6, 6.07) is 0. The predicted molar refractivity (Wildman–Crippen MR) is 58.9 cm³/mol. The molecule has 0 amide bonds. The van der Waals surface area contributed by atoms with E-state index in [0.29, 0.717) is 13.2 Å². The van der Waals surface area contributed by atoms with Gasteiger partial charge < -0.3 is 14.2 Å². The van der Waals surface area contributed by atoms with Gasteiger partial charge in [-0.1, -0.05) is 6.58 Å². The molecule has 1 fully saturated rings. The molecule has 1 aliphatic rings. The molecule has 6 heteroatoms. The molecule has 0 bridgehead atoms. The number of hydrogen-bond acceptors (Lipinski definition) is 6. The van der Waals surface area contributed by atoms with Crippen LogP contribution in [0.5, 0.6) is 0 Å². The van der Waals surface area contributed by atoms with Crippen molar-refractivity contribution in [3.63, 3.8) is 0 Å². The Labute approximate surface area is 98.1 Å². The van der Waals surface area contributed by atoms with Crippen molar-refractivity contribution < 1.29 is 23.8 Å². The number of hydrogen-bond donors (Lipinski definition) is 0. The molecule has 1 rings (SSSR count). The van der Waals surface area contributed by atoms with E-state index < -0.39 is 11.9 Å². The van der Waals surface area contributed by atoms with E-state index >= 15 is 0 Å². The fraction of sp³-hybridized carbons (Fsp3) is 0.600. The Bertz CT molecular complexity index is 258. The molecule has 0 aromatic rings. The van der Waals surface area contributed by atoms with Crippen molar-refractivity contribution in [1.29, 1.82) is 0 Å². The molecule has 0 radical (unpaired) electrons. The van der Waals surface area contributed by atoms with Crippen molar-refractivity contribution >= 4 is 23.7 Å². The van der Waals surface area contributed by atoms with Gasteiger partial charge in [0.1, 0.15) is 0 Å². The summed E-state index contributed by atoms with van der Waals surface area (Å²) in [5, 5.41) is 0. The van der Waals surface area contributed by atoms with Crippen molar-refractivity contribution in [2.45, 2.75) is 11.9 Å². The van der Waals surface area contributed by atoms with Crippen LogP contribution in [-0.4, -0.2) is 42.9 Å². The van der Waals surface area contributed by atoms with Crippen LogP contribution in [0.4, 0.5) is 0 Å². The molecule has 1 saturated heterocycles. The molecule has 16 heavy (non-hydrogen) atoms. The highest BCUT2D eigenvalue weighted by Gasteiger charge is 2.18. The Morgan fingerprint density at radius 3 is 3.12 bits per heavy atom. The highest BCUT2D eigenvalue weighted by Crippen LogP contribution is 2.17. The Morgan fingerprint density at radius 1 is 1.56 bits per heavy atom. The molecule has 0 spiro atoms. The number of thioether (sulfide) groups is 1. The first kappa shape index (κ1) is 13.1. The lowest BCUT2D eigenvalue weighted by Crippen LogP contribution is -2.23. The molecule has 5 nitrogen and oxygen atoms in total. The lowest BCUT2D eigenvalue weighted by molar-refractivity contribution is -0.158. The third-order valence-corrected chi connectivity index (χ3v) is 2.88. The summed E-state index contributed by atoms with van der Waals surface area (Å²) in [5.41, 5.74) is -0.308. The summed E-state index contributed by atoms with van der Waals surface area (Å²) >= 11 is 1.52. The number of carbonyl (C=O) groups is 2. The van der Waals surface area contributed by atoms with Crippen LogP contribution in [0.25, 0.3) is 0 Å². The third-order valence-electron chi connectivity index (χ3n) is 1.75. The normalized spacial score (nSPS) is 20.6. The van der Waals surface area contributed by atoms with Crippen LogP contribution in [0.15, 0.2) is 12.7 Å². The fourth-order valence-electron chi connectivity index (χ4n) is 1.04. The minimum Gasteiger partial charge on any atom is -0.451 e. The van der Waals surface area contributed by atoms with E-state index in [1.807, 2.05) is 0 Å². The maximum Gasteiger partial charge on any atom is 0.345 e. The number of rotatable bonds is 4. The van der Waals surface area contributed by atoms with Crippen molar-refractivity contribution in [3.8, 4) is 0 Å². The van der Waals surface area contributed by atoms with Gasteiger partial charge in [0.15, 0.2) is 12.0 Å². The smallest absolute Gasteiger partial charge is 0.345 e. The second-order valence-electron chi connectivity index (χ2n) is 3.03. The quantitative estimate of drug-likeness (QED) is 0.538. The zero-order valence-corrected chi connectivity index (χ0v) is 9.66. The number of carbonyl (C=O) groups excluding carboxylic acids is 2. The van der Waals surface area contributed by atoms with Gasteiger partial charge in [-0.15, -0.1) is 11.8 Å². The molecule has 0 aliphatic carbocycles. The zero-order valence-electron chi connectivity index (χ0n) is 8.85. The van der Waals surface area contributed by atoms with Gasteiger partial charge in [0.05, 0.1) is 6.61 Å². The summed E-state index contributed by atoms with van der Waals surface area (Å²) in [7, 11) is 0. The maximum atomic E-state index is 11.2. The van der Waals surface area contributed by atoms with Crippen LogP contribution in [0.2, 0.25) is 0 Å².